The Balaban J connectivity index is 2.84. The van der Waals surface area contributed by atoms with Crippen molar-refractivity contribution in [2.45, 2.75) is 59.0 Å². The van der Waals surface area contributed by atoms with Gasteiger partial charge in [-0.05, 0) is 46.8 Å². The first-order valence-corrected chi connectivity index (χ1v) is 6.76. The molecule has 0 saturated heterocycles. The maximum absolute atomic E-state index is 12.4. The van der Waals surface area contributed by atoms with Gasteiger partial charge in [-0.3, -0.25) is 4.79 Å². The summed E-state index contributed by atoms with van der Waals surface area (Å²) in [6, 6.07) is 0. The Hall–Kier alpha value is -1.72. The summed E-state index contributed by atoms with van der Waals surface area (Å²) in [5.74, 6) is 0.425. The summed E-state index contributed by atoms with van der Waals surface area (Å²) >= 11 is 0. The van der Waals surface area contributed by atoms with Crippen LogP contribution in [0.3, 0.4) is 0 Å². The summed E-state index contributed by atoms with van der Waals surface area (Å²) in [6.07, 6.45) is 1.88. The Kier molecular flexibility index (Phi) is 4.68. The van der Waals surface area contributed by atoms with Gasteiger partial charge in [0.05, 0.1) is 12.0 Å². The number of nitrogens with zero attached hydrogens (tertiary/aromatic N) is 5. The molecule has 1 aromatic heterocycles. The molecule has 0 aliphatic rings. The first kappa shape index (κ1) is 16.3. The van der Waals surface area contributed by atoms with Crippen molar-refractivity contribution in [1.29, 1.82) is 0 Å². The first-order chi connectivity index (χ1) is 9.05. The number of amides is 1. The van der Waals surface area contributed by atoms with E-state index in [1.54, 1.807) is 11.0 Å². The Morgan fingerprint density at radius 1 is 1.30 bits per heavy atom. The van der Waals surface area contributed by atoms with Gasteiger partial charge in [-0.25, -0.2) is 0 Å². The van der Waals surface area contributed by atoms with Gasteiger partial charge in [0, 0.05) is 12.1 Å². The number of hydrogen-bond donors (Lipinski definition) is 0. The van der Waals surface area contributed by atoms with Crippen LogP contribution in [-0.2, 0) is 16.8 Å². The largest absolute Gasteiger partial charge is 0.334 e. The zero-order valence-electron chi connectivity index (χ0n) is 13.3. The maximum Gasteiger partial charge on any atom is 0.231 e. The molecule has 20 heavy (non-hydrogen) atoms. The standard InChI is InChI=1S/C14H25N5O/c1-8-9-18(13(2,3)4)12(20)10-11-15-17-19(16-11)14(5,6)7/h8H,1,9-10H2,2-7H3. The van der Waals surface area contributed by atoms with Crippen molar-refractivity contribution in [3.05, 3.63) is 18.5 Å². The second kappa shape index (κ2) is 5.73. The molecule has 6 heteroatoms. The van der Waals surface area contributed by atoms with Gasteiger partial charge in [0.15, 0.2) is 5.82 Å². The van der Waals surface area contributed by atoms with Crippen LogP contribution in [0, 0.1) is 0 Å². The second-order valence-corrected chi connectivity index (χ2v) is 6.81. The SMILES string of the molecule is C=CCN(C(=O)Cc1nnn(C(C)(C)C)n1)C(C)(C)C. The van der Waals surface area contributed by atoms with E-state index in [0.29, 0.717) is 12.4 Å². The highest BCUT2D eigenvalue weighted by Crippen LogP contribution is 2.15. The lowest BCUT2D eigenvalue weighted by molar-refractivity contribution is -0.134. The molecule has 0 aliphatic carbocycles. The van der Waals surface area contributed by atoms with E-state index in [9.17, 15) is 4.79 Å². The van der Waals surface area contributed by atoms with Gasteiger partial charge in [0.25, 0.3) is 0 Å². The number of hydrogen-bond acceptors (Lipinski definition) is 4. The van der Waals surface area contributed by atoms with Crippen molar-refractivity contribution in [2.75, 3.05) is 6.54 Å². The molecule has 0 bridgehead atoms. The summed E-state index contributed by atoms with van der Waals surface area (Å²) in [5.41, 5.74) is -0.496. The molecule has 0 spiro atoms. The molecule has 0 atom stereocenters. The summed E-state index contributed by atoms with van der Waals surface area (Å²) in [7, 11) is 0. The van der Waals surface area contributed by atoms with E-state index >= 15 is 0 Å². The average molecular weight is 279 g/mol. The summed E-state index contributed by atoms with van der Waals surface area (Å²) < 4.78 is 0. The van der Waals surface area contributed by atoms with Crippen LogP contribution in [0.15, 0.2) is 12.7 Å². The minimum Gasteiger partial charge on any atom is -0.334 e. The van der Waals surface area contributed by atoms with E-state index in [1.807, 2.05) is 41.5 Å². The average Bonchev–Trinajstić information content (AvgIpc) is 2.72. The highest BCUT2D eigenvalue weighted by molar-refractivity contribution is 5.78. The highest BCUT2D eigenvalue weighted by atomic mass is 16.2. The number of aromatic nitrogens is 4. The van der Waals surface area contributed by atoms with Gasteiger partial charge in [-0.2, -0.15) is 4.80 Å². The zero-order chi connectivity index (χ0) is 15.6. The van der Waals surface area contributed by atoms with E-state index in [0.717, 1.165) is 0 Å². The van der Waals surface area contributed by atoms with Crippen molar-refractivity contribution in [1.82, 2.24) is 25.1 Å². The topological polar surface area (TPSA) is 63.9 Å². The van der Waals surface area contributed by atoms with Gasteiger partial charge in [-0.1, -0.05) is 6.08 Å². The van der Waals surface area contributed by atoms with Gasteiger partial charge < -0.3 is 4.90 Å². The number of carbonyl (C=O) groups is 1. The molecule has 1 aromatic rings. The zero-order valence-corrected chi connectivity index (χ0v) is 13.3. The Morgan fingerprint density at radius 3 is 2.30 bits per heavy atom. The molecule has 0 fully saturated rings. The Bertz CT molecular complexity index is 478. The predicted molar refractivity (Wildman–Crippen MR) is 78.2 cm³/mol. The monoisotopic (exact) mass is 279 g/mol. The van der Waals surface area contributed by atoms with Gasteiger partial charge in [0.1, 0.15) is 0 Å². The lowest BCUT2D eigenvalue weighted by Gasteiger charge is -2.34. The molecule has 0 unspecified atom stereocenters. The molecule has 112 valence electrons. The highest BCUT2D eigenvalue weighted by Gasteiger charge is 2.27. The van der Waals surface area contributed by atoms with Crippen molar-refractivity contribution < 1.29 is 4.79 Å². The van der Waals surface area contributed by atoms with Gasteiger partial charge >= 0.3 is 0 Å². The number of tetrazole rings is 1. The fraction of sp³-hybridized carbons (Fsp3) is 0.714. The van der Waals surface area contributed by atoms with E-state index in [2.05, 4.69) is 22.0 Å². The normalized spacial score (nSPS) is 12.3. The Labute approximate surface area is 120 Å². The third-order valence-electron chi connectivity index (χ3n) is 2.79. The fourth-order valence-electron chi connectivity index (χ4n) is 1.71. The molecular weight excluding hydrogens is 254 g/mol. The predicted octanol–water partition coefficient (Wildman–Crippen LogP) is 1.78. The van der Waals surface area contributed by atoms with Crippen LogP contribution in [-0.4, -0.2) is 43.1 Å². The third-order valence-corrected chi connectivity index (χ3v) is 2.79. The van der Waals surface area contributed by atoms with Crippen molar-refractivity contribution in [3.63, 3.8) is 0 Å². The molecule has 0 aliphatic heterocycles. The molecule has 1 heterocycles. The molecular formula is C14H25N5O. The smallest absolute Gasteiger partial charge is 0.231 e. The molecule has 6 nitrogen and oxygen atoms in total. The summed E-state index contributed by atoms with van der Waals surface area (Å²) in [4.78, 5) is 15.7. The lowest BCUT2D eigenvalue weighted by atomic mass is 10.1. The second-order valence-electron chi connectivity index (χ2n) is 6.81. The third kappa shape index (κ3) is 4.15. The van der Waals surface area contributed by atoms with Crippen LogP contribution < -0.4 is 0 Å². The van der Waals surface area contributed by atoms with Crippen molar-refractivity contribution >= 4 is 5.91 Å². The van der Waals surface area contributed by atoms with Crippen LogP contribution in [0.2, 0.25) is 0 Å². The minimum atomic E-state index is -0.259. The van der Waals surface area contributed by atoms with E-state index in [-0.39, 0.29) is 23.4 Å². The van der Waals surface area contributed by atoms with E-state index in [4.69, 9.17) is 0 Å². The molecule has 0 aromatic carbocycles. The maximum atomic E-state index is 12.4. The molecule has 1 amide bonds. The molecule has 0 saturated carbocycles. The quantitative estimate of drug-likeness (QED) is 0.788. The first-order valence-electron chi connectivity index (χ1n) is 6.76. The van der Waals surface area contributed by atoms with Crippen molar-refractivity contribution in [3.8, 4) is 0 Å². The molecule has 0 N–H and O–H groups in total. The van der Waals surface area contributed by atoms with E-state index in [1.165, 1.54) is 4.80 Å². The van der Waals surface area contributed by atoms with Crippen LogP contribution >= 0.6 is 0 Å². The fourth-order valence-corrected chi connectivity index (χ4v) is 1.71. The molecule has 1 rings (SSSR count). The molecule has 0 radical (unpaired) electrons. The van der Waals surface area contributed by atoms with E-state index < -0.39 is 0 Å². The number of carbonyl (C=O) groups excluding carboxylic acids is 1. The number of rotatable bonds is 4. The minimum absolute atomic E-state index is 0.0224. The summed E-state index contributed by atoms with van der Waals surface area (Å²) in [6.45, 7) is 16.1. The van der Waals surface area contributed by atoms with Crippen LogP contribution in [0.1, 0.15) is 47.4 Å². The van der Waals surface area contributed by atoms with Gasteiger partial charge in [0.2, 0.25) is 5.91 Å². The van der Waals surface area contributed by atoms with Crippen LogP contribution in [0.4, 0.5) is 0 Å². The summed E-state index contributed by atoms with van der Waals surface area (Å²) in [5, 5.41) is 12.2. The van der Waals surface area contributed by atoms with Crippen molar-refractivity contribution in [2.24, 2.45) is 0 Å². The van der Waals surface area contributed by atoms with Gasteiger partial charge in [-0.15, -0.1) is 16.8 Å². The Morgan fingerprint density at radius 2 is 1.90 bits per heavy atom. The van der Waals surface area contributed by atoms with Crippen LogP contribution in [0.5, 0.6) is 0 Å². The van der Waals surface area contributed by atoms with Crippen LogP contribution in [0.25, 0.3) is 0 Å². The lowest BCUT2D eigenvalue weighted by Crippen LogP contribution is -2.46.